The molecule has 6 aliphatic rings. The molecule has 0 aromatic heterocycles. The van der Waals surface area contributed by atoms with Crippen molar-refractivity contribution in [3.63, 3.8) is 0 Å². The molecule has 4 saturated carbocycles. The number of aliphatic hydroxyl groups is 3. The molecule has 6 fully saturated rings. The van der Waals surface area contributed by atoms with Crippen LogP contribution in [0.4, 0.5) is 0 Å². The summed E-state index contributed by atoms with van der Waals surface area (Å²) < 4.78 is 17.1. The largest absolute Gasteiger partial charge is 0.462 e. The number of carbonyl (C=O) groups is 2. The maximum atomic E-state index is 13.9. The molecule has 2 heterocycles. The molecule has 2 spiro atoms. The normalized spacial score (nSPS) is 54.3. The van der Waals surface area contributed by atoms with E-state index >= 15 is 0 Å². The van der Waals surface area contributed by atoms with Crippen LogP contribution in [0.1, 0.15) is 46.5 Å². The first-order chi connectivity index (χ1) is 14.5. The van der Waals surface area contributed by atoms with Gasteiger partial charge in [-0.05, 0) is 37.0 Å². The number of fused-ring (bicyclic) bond motifs is 2. The van der Waals surface area contributed by atoms with Crippen LogP contribution in [0.2, 0.25) is 0 Å². The Morgan fingerprint density at radius 3 is 2.61 bits per heavy atom. The number of hydrogen-bond acceptors (Lipinski definition) is 8. The minimum absolute atomic E-state index is 0.0307. The molecule has 0 aromatic rings. The Morgan fingerprint density at radius 2 is 1.97 bits per heavy atom. The number of ketones is 1. The number of aliphatic hydroxyl groups excluding tert-OH is 2. The smallest absolute Gasteiger partial charge is 0.302 e. The zero-order valence-corrected chi connectivity index (χ0v) is 18.7. The lowest BCUT2D eigenvalue weighted by atomic mass is 9.35. The van der Waals surface area contributed by atoms with Crippen LogP contribution in [0.15, 0.2) is 0 Å². The fourth-order valence-corrected chi connectivity index (χ4v) is 8.81. The molecule has 3 N–H and O–H groups in total. The summed E-state index contributed by atoms with van der Waals surface area (Å²) in [6.45, 7) is 5.65. The second-order valence-corrected chi connectivity index (χ2v) is 11.3. The first-order valence-electron chi connectivity index (χ1n) is 11.4. The zero-order chi connectivity index (χ0) is 22.6. The maximum absolute atomic E-state index is 13.9. The van der Waals surface area contributed by atoms with Gasteiger partial charge >= 0.3 is 5.97 Å². The van der Waals surface area contributed by atoms with Gasteiger partial charge in [-0.1, -0.05) is 13.8 Å². The molecule has 10 atom stereocenters. The molecule has 0 unspecified atom stereocenters. The third-order valence-electron chi connectivity index (χ3n) is 9.59. The second kappa shape index (κ2) is 6.50. The molecule has 0 radical (unpaired) electrons. The predicted octanol–water partition coefficient (Wildman–Crippen LogP) is 0.653. The van der Waals surface area contributed by atoms with E-state index in [0.717, 1.165) is 0 Å². The van der Waals surface area contributed by atoms with Gasteiger partial charge in [0, 0.05) is 37.2 Å². The molecule has 0 aromatic carbocycles. The van der Waals surface area contributed by atoms with Crippen molar-refractivity contribution in [2.45, 2.75) is 70.6 Å². The lowest BCUT2D eigenvalue weighted by Gasteiger charge is -2.74. The lowest BCUT2D eigenvalue weighted by Crippen LogP contribution is -2.85. The average Bonchev–Trinajstić information content (AvgIpc) is 2.88. The second-order valence-electron chi connectivity index (χ2n) is 11.3. The summed E-state index contributed by atoms with van der Waals surface area (Å²) in [5.41, 5.74) is -2.81. The van der Waals surface area contributed by atoms with Crippen molar-refractivity contribution < 1.29 is 39.1 Å². The van der Waals surface area contributed by atoms with Crippen molar-refractivity contribution >= 4 is 11.8 Å². The first kappa shape index (κ1) is 21.8. The molecule has 0 amide bonds. The molecule has 4 aliphatic carbocycles. The predicted molar refractivity (Wildman–Crippen MR) is 106 cm³/mol. The van der Waals surface area contributed by atoms with Crippen molar-refractivity contribution in [1.82, 2.24) is 0 Å². The summed E-state index contributed by atoms with van der Waals surface area (Å²) in [7, 11) is 1.53. The van der Waals surface area contributed by atoms with Crippen molar-refractivity contribution in [3.05, 3.63) is 0 Å². The standard InChI is InChI=1S/C23H34O8/c1-11(24)31-15-5-6-20(2,3)17-19(27)23(28)22-8-12(13(9-29-4)18(22)26)7-14(25)16(22)21(15,17)10-30-23/h12-17,19,25,27-28H,5-10H2,1-4H3/t12-,13+,14-,15-,16-,17+,19-,21-,22-,23+/m0/s1. The molecule has 6 rings (SSSR count). The van der Waals surface area contributed by atoms with Gasteiger partial charge in [0.25, 0.3) is 0 Å². The van der Waals surface area contributed by atoms with Gasteiger partial charge in [-0.25, -0.2) is 0 Å². The Bertz CT molecular complexity index is 811. The van der Waals surface area contributed by atoms with Crippen LogP contribution in [-0.4, -0.2) is 71.5 Å². The van der Waals surface area contributed by atoms with Gasteiger partial charge in [0.05, 0.1) is 24.7 Å². The van der Waals surface area contributed by atoms with E-state index in [1.165, 1.54) is 14.0 Å². The van der Waals surface area contributed by atoms with E-state index in [1.807, 2.05) is 13.8 Å². The van der Waals surface area contributed by atoms with Crippen LogP contribution in [0.25, 0.3) is 0 Å². The number of Topliss-reactive ketones (excluding diaryl/α,β-unsaturated/α-hetero) is 1. The van der Waals surface area contributed by atoms with E-state index in [0.29, 0.717) is 25.7 Å². The fourth-order valence-electron chi connectivity index (χ4n) is 8.81. The van der Waals surface area contributed by atoms with Crippen LogP contribution in [-0.2, 0) is 23.8 Å². The highest BCUT2D eigenvalue weighted by Crippen LogP contribution is 2.76. The molecule has 4 bridgehead atoms. The van der Waals surface area contributed by atoms with E-state index in [2.05, 4.69) is 0 Å². The fraction of sp³-hybridized carbons (Fsp3) is 0.913. The van der Waals surface area contributed by atoms with Crippen molar-refractivity contribution in [2.24, 2.45) is 39.9 Å². The summed E-state index contributed by atoms with van der Waals surface area (Å²) in [5, 5.41) is 35.0. The number of rotatable bonds is 3. The quantitative estimate of drug-likeness (QED) is 0.549. The number of esters is 1. The van der Waals surface area contributed by atoms with Crippen LogP contribution in [0, 0.1) is 39.9 Å². The summed E-state index contributed by atoms with van der Waals surface area (Å²) in [6.07, 6.45) is -0.829. The molecule has 31 heavy (non-hydrogen) atoms. The topological polar surface area (TPSA) is 123 Å². The highest BCUT2D eigenvalue weighted by atomic mass is 16.6. The van der Waals surface area contributed by atoms with Gasteiger partial charge in [0.2, 0.25) is 5.79 Å². The van der Waals surface area contributed by atoms with E-state index < -0.39 is 64.1 Å². The Balaban J connectivity index is 1.74. The summed E-state index contributed by atoms with van der Waals surface area (Å²) >= 11 is 0. The number of ether oxygens (including phenoxy) is 3. The Morgan fingerprint density at radius 1 is 1.26 bits per heavy atom. The molecule has 2 aliphatic heterocycles. The molecule has 8 heteroatoms. The van der Waals surface area contributed by atoms with Crippen molar-refractivity contribution in [2.75, 3.05) is 20.3 Å². The zero-order valence-electron chi connectivity index (χ0n) is 18.7. The maximum Gasteiger partial charge on any atom is 0.302 e. The minimum Gasteiger partial charge on any atom is -0.462 e. The average molecular weight is 439 g/mol. The third-order valence-corrected chi connectivity index (χ3v) is 9.59. The van der Waals surface area contributed by atoms with Crippen LogP contribution in [0.3, 0.4) is 0 Å². The summed E-state index contributed by atoms with van der Waals surface area (Å²) in [6, 6.07) is 0. The monoisotopic (exact) mass is 438 g/mol. The number of hydrogen-bond donors (Lipinski definition) is 3. The van der Waals surface area contributed by atoms with Gasteiger partial charge in [-0.2, -0.15) is 0 Å². The van der Waals surface area contributed by atoms with Crippen molar-refractivity contribution in [1.29, 1.82) is 0 Å². The van der Waals surface area contributed by atoms with Gasteiger partial charge in [0.15, 0.2) is 5.78 Å². The number of carbonyl (C=O) groups excluding carboxylic acids is 2. The molecular formula is C23H34O8. The highest BCUT2D eigenvalue weighted by Gasteiger charge is 2.86. The van der Waals surface area contributed by atoms with Crippen LogP contribution in [0.5, 0.6) is 0 Å². The Kier molecular flexibility index (Phi) is 4.57. The minimum atomic E-state index is -2.08. The summed E-state index contributed by atoms with van der Waals surface area (Å²) in [4.78, 5) is 26.0. The van der Waals surface area contributed by atoms with E-state index in [-0.39, 0.29) is 24.9 Å². The van der Waals surface area contributed by atoms with E-state index in [4.69, 9.17) is 14.2 Å². The molecular weight excluding hydrogens is 404 g/mol. The summed E-state index contributed by atoms with van der Waals surface area (Å²) in [5.74, 6) is -4.51. The van der Waals surface area contributed by atoms with Gasteiger partial charge in [-0.15, -0.1) is 0 Å². The Labute approximate surface area is 182 Å². The lowest BCUT2D eigenvalue weighted by molar-refractivity contribution is -0.455. The van der Waals surface area contributed by atoms with Gasteiger partial charge in [-0.3, -0.25) is 9.59 Å². The van der Waals surface area contributed by atoms with Crippen LogP contribution >= 0.6 is 0 Å². The van der Waals surface area contributed by atoms with E-state index in [1.54, 1.807) is 0 Å². The van der Waals surface area contributed by atoms with E-state index in [9.17, 15) is 24.9 Å². The van der Waals surface area contributed by atoms with Gasteiger partial charge < -0.3 is 29.5 Å². The molecule has 2 saturated heterocycles. The van der Waals surface area contributed by atoms with Crippen molar-refractivity contribution in [3.8, 4) is 0 Å². The highest BCUT2D eigenvalue weighted by molar-refractivity contribution is 5.92. The molecule has 174 valence electrons. The third kappa shape index (κ3) is 2.33. The van der Waals surface area contributed by atoms with Gasteiger partial charge in [0.1, 0.15) is 12.2 Å². The first-order valence-corrected chi connectivity index (χ1v) is 11.4. The SMILES string of the molecule is COC[C@H]1C(=O)[C@]23C[C@@H]1C[C@H](O)[C@H]2[C@@]12CO[C@]3(O)[C@@H](O)[C@@H]1C(C)(C)CC[C@@H]2OC(C)=O. The number of methoxy groups -OCH3 is 1. The van der Waals surface area contributed by atoms with Crippen LogP contribution < -0.4 is 0 Å². The molecule has 8 nitrogen and oxygen atoms in total. The Hall–Kier alpha value is -1.06.